The van der Waals surface area contributed by atoms with E-state index in [9.17, 15) is 18.3 Å². The van der Waals surface area contributed by atoms with Crippen LogP contribution in [0.4, 0.5) is 0 Å². The highest BCUT2D eigenvalue weighted by Gasteiger charge is 2.39. The number of aliphatic carboxylic acids is 1. The third kappa shape index (κ3) is 5.32. The number of nitrogens with zero attached hydrogens (tertiary/aromatic N) is 1. The Morgan fingerprint density at radius 3 is 2.44 bits per heavy atom. The first-order chi connectivity index (χ1) is 8.12. The molecule has 0 heterocycles. The van der Waals surface area contributed by atoms with Crippen LogP contribution < -0.4 is 5.32 Å². The molecule has 1 fully saturated rings. The van der Waals surface area contributed by atoms with Gasteiger partial charge < -0.3 is 10.0 Å². The quantitative estimate of drug-likeness (QED) is 0.626. The lowest BCUT2D eigenvalue weighted by atomic mass is 10.0. The van der Waals surface area contributed by atoms with Crippen molar-refractivity contribution in [3.8, 4) is 0 Å². The SMILES string of the molecule is CN(CCS(C)(=O)=O)CC(C)(NC1CC1)C(=O)O. The van der Waals surface area contributed by atoms with Crippen LogP contribution in [-0.2, 0) is 14.6 Å². The predicted octanol–water partition coefficient (Wildman–Crippen LogP) is -0.442. The van der Waals surface area contributed by atoms with Crippen LogP contribution in [0.2, 0.25) is 0 Å². The van der Waals surface area contributed by atoms with Crippen molar-refractivity contribution in [3.05, 3.63) is 0 Å². The summed E-state index contributed by atoms with van der Waals surface area (Å²) in [6, 6.07) is 0.286. The number of likely N-dealkylation sites (N-methyl/N-ethyl adjacent to an activating group) is 1. The number of carboxylic acids is 1. The summed E-state index contributed by atoms with van der Waals surface area (Å²) in [6.07, 6.45) is 3.20. The molecule has 0 aromatic heterocycles. The molecule has 1 aliphatic carbocycles. The Balaban J connectivity index is 2.51. The Labute approximate surface area is 108 Å². The minimum atomic E-state index is -3.02. The van der Waals surface area contributed by atoms with Crippen molar-refractivity contribution in [2.45, 2.75) is 31.3 Å². The van der Waals surface area contributed by atoms with Crippen molar-refractivity contribution in [1.82, 2.24) is 10.2 Å². The third-order valence-electron chi connectivity index (χ3n) is 3.00. The Bertz CT molecular complexity index is 405. The maximum atomic E-state index is 11.3. The molecule has 1 rings (SSSR count). The van der Waals surface area contributed by atoms with Crippen LogP contribution in [0.15, 0.2) is 0 Å². The molecule has 0 spiro atoms. The molecule has 0 amide bonds. The van der Waals surface area contributed by atoms with E-state index in [0.29, 0.717) is 6.54 Å². The van der Waals surface area contributed by atoms with Crippen molar-refractivity contribution >= 4 is 15.8 Å². The van der Waals surface area contributed by atoms with Gasteiger partial charge in [0.1, 0.15) is 15.4 Å². The number of carbonyl (C=O) groups is 1. The maximum absolute atomic E-state index is 11.3. The lowest BCUT2D eigenvalue weighted by Crippen LogP contribution is -2.57. The van der Waals surface area contributed by atoms with E-state index in [2.05, 4.69) is 5.32 Å². The molecule has 0 aromatic rings. The summed E-state index contributed by atoms with van der Waals surface area (Å²) in [5, 5.41) is 12.4. The monoisotopic (exact) mass is 278 g/mol. The predicted molar refractivity (Wildman–Crippen MR) is 69.4 cm³/mol. The van der Waals surface area contributed by atoms with Crippen LogP contribution in [0.3, 0.4) is 0 Å². The summed E-state index contributed by atoms with van der Waals surface area (Å²) >= 11 is 0. The van der Waals surface area contributed by atoms with E-state index >= 15 is 0 Å². The maximum Gasteiger partial charge on any atom is 0.324 e. The third-order valence-corrected chi connectivity index (χ3v) is 3.93. The van der Waals surface area contributed by atoms with Crippen LogP contribution in [0.1, 0.15) is 19.8 Å². The van der Waals surface area contributed by atoms with Crippen molar-refractivity contribution in [2.75, 3.05) is 32.1 Å². The average molecular weight is 278 g/mol. The molecule has 0 aliphatic heterocycles. The molecule has 0 saturated heterocycles. The van der Waals surface area contributed by atoms with E-state index in [4.69, 9.17) is 0 Å². The lowest BCUT2D eigenvalue weighted by molar-refractivity contribution is -0.145. The van der Waals surface area contributed by atoms with Gasteiger partial charge in [-0.05, 0) is 26.8 Å². The highest BCUT2D eigenvalue weighted by molar-refractivity contribution is 7.90. The zero-order chi connectivity index (χ0) is 14.0. The van der Waals surface area contributed by atoms with E-state index in [1.165, 1.54) is 6.26 Å². The highest BCUT2D eigenvalue weighted by Crippen LogP contribution is 2.23. The minimum Gasteiger partial charge on any atom is -0.480 e. The van der Waals surface area contributed by atoms with Crippen LogP contribution in [-0.4, -0.2) is 68.1 Å². The molecule has 1 saturated carbocycles. The van der Waals surface area contributed by atoms with Crippen molar-refractivity contribution < 1.29 is 18.3 Å². The number of rotatable bonds is 8. The van der Waals surface area contributed by atoms with Crippen LogP contribution in [0, 0.1) is 0 Å². The van der Waals surface area contributed by atoms with Gasteiger partial charge in [0.15, 0.2) is 0 Å². The smallest absolute Gasteiger partial charge is 0.324 e. The Morgan fingerprint density at radius 1 is 1.50 bits per heavy atom. The zero-order valence-electron chi connectivity index (χ0n) is 11.1. The molecule has 1 atom stereocenters. The number of hydrogen-bond acceptors (Lipinski definition) is 5. The van der Waals surface area contributed by atoms with Gasteiger partial charge in [-0.1, -0.05) is 0 Å². The molecule has 0 radical (unpaired) electrons. The second-order valence-corrected chi connectivity index (χ2v) is 7.68. The van der Waals surface area contributed by atoms with Gasteiger partial charge in [0.2, 0.25) is 0 Å². The van der Waals surface area contributed by atoms with Crippen molar-refractivity contribution in [3.63, 3.8) is 0 Å². The van der Waals surface area contributed by atoms with Gasteiger partial charge in [-0.2, -0.15) is 0 Å². The molecule has 7 heteroatoms. The van der Waals surface area contributed by atoms with Crippen LogP contribution >= 0.6 is 0 Å². The van der Waals surface area contributed by atoms with Crippen LogP contribution in [0.25, 0.3) is 0 Å². The molecular weight excluding hydrogens is 256 g/mol. The fourth-order valence-electron chi connectivity index (χ4n) is 1.79. The second-order valence-electron chi connectivity index (χ2n) is 5.42. The van der Waals surface area contributed by atoms with Gasteiger partial charge in [-0.15, -0.1) is 0 Å². The normalized spacial score (nSPS) is 19.8. The Kier molecular flexibility index (Phi) is 4.74. The molecule has 6 nitrogen and oxygen atoms in total. The van der Waals surface area contributed by atoms with Gasteiger partial charge in [-0.3, -0.25) is 10.1 Å². The summed E-state index contributed by atoms with van der Waals surface area (Å²) in [6.45, 7) is 2.27. The molecule has 0 aromatic carbocycles. The van der Waals surface area contributed by atoms with E-state index in [1.807, 2.05) is 0 Å². The first-order valence-electron chi connectivity index (χ1n) is 6.00. The summed E-state index contributed by atoms with van der Waals surface area (Å²) < 4.78 is 22.1. The lowest BCUT2D eigenvalue weighted by Gasteiger charge is -2.31. The standard InChI is InChI=1S/C11H22N2O4S/c1-11(10(14)15,12-9-4-5-9)8-13(2)6-7-18(3,16)17/h9,12H,4-8H2,1-3H3,(H,14,15). The zero-order valence-corrected chi connectivity index (χ0v) is 12.0. The highest BCUT2D eigenvalue weighted by atomic mass is 32.2. The first-order valence-corrected chi connectivity index (χ1v) is 8.06. The number of sulfone groups is 1. The molecule has 1 unspecified atom stereocenters. The Hall–Kier alpha value is -0.660. The summed E-state index contributed by atoms with van der Waals surface area (Å²) in [7, 11) is -1.28. The average Bonchev–Trinajstić information content (AvgIpc) is 2.97. The minimum absolute atomic E-state index is 0.0443. The topological polar surface area (TPSA) is 86.7 Å². The van der Waals surface area contributed by atoms with Gasteiger partial charge in [-0.25, -0.2) is 8.42 Å². The number of nitrogens with one attached hydrogen (secondary N) is 1. The Morgan fingerprint density at radius 2 is 2.06 bits per heavy atom. The fourth-order valence-corrected chi connectivity index (χ4v) is 2.44. The fraction of sp³-hybridized carbons (Fsp3) is 0.909. The van der Waals surface area contributed by atoms with E-state index < -0.39 is 21.3 Å². The molecule has 18 heavy (non-hydrogen) atoms. The van der Waals surface area contributed by atoms with Crippen molar-refractivity contribution in [2.24, 2.45) is 0 Å². The van der Waals surface area contributed by atoms with Crippen molar-refractivity contribution in [1.29, 1.82) is 0 Å². The van der Waals surface area contributed by atoms with E-state index in [0.717, 1.165) is 12.8 Å². The summed E-state index contributed by atoms with van der Waals surface area (Å²) in [4.78, 5) is 13.1. The first kappa shape index (κ1) is 15.4. The molecule has 106 valence electrons. The van der Waals surface area contributed by atoms with Gasteiger partial charge in [0.05, 0.1) is 5.75 Å². The largest absolute Gasteiger partial charge is 0.480 e. The number of hydrogen-bond donors (Lipinski definition) is 2. The summed E-state index contributed by atoms with van der Waals surface area (Å²) in [5.41, 5.74) is -1.02. The van der Waals surface area contributed by atoms with E-state index in [-0.39, 0.29) is 18.3 Å². The second kappa shape index (κ2) is 5.54. The van der Waals surface area contributed by atoms with E-state index in [1.54, 1.807) is 18.9 Å². The number of carboxylic acid groups (broad SMARTS) is 1. The summed E-state index contributed by atoms with van der Waals surface area (Å²) in [5.74, 6) is -0.858. The van der Waals surface area contributed by atoms with Gasteiger partial charge in [0, 0.05) is 25.4 Å². The van der Waals surface area contributed by atoms with Gasteiger partial charge >= 0.3 is 5.97 Å². The molecular formula is C11H22N2O4S. The molecule has 0 bridgehead atoms. The van der Waals surface area contributed by atoms with Crippen LogP contribution in [0.5, 0.6) is 0 Å². The molecule has 1 aliphatic rings. The van der Waals surface area contributed by atoms with Gasteiger partial charge in [0.25, 0.3) is 0 Å². The molecule has 2 N–H and O–H groups in total.